The molecule has 4 rings (SSSR count). The van der Waals surface area contributed by atoms with Crippen LogP contribution in [-0.4, -0.2) is 12.6 Å². The van der Waals surface area contributed by atoms with Gasteiger partial charge in [0.2, 0.25) is 0 Å². The van der Waals surface area contributed by atoms with E-state index in [1.807, 2.05) is 18.2 Å². The first-order valence-electron chi connectivity index (χ1n) is 6.05. The molecule has 0 aromatic heterocycles. The number of cyclic esters (lactones) is 1. The van der Waals surface area contributed by atoms with E-state index in [1.54, 1.807) is 0 Å². The molecule has 16 heavy (non-hydrogen) atoms. The van der Waals surface area contributed by atoms with Gasteiger partial charge in [0.1, 0.15) is 5.41 Å². The van der Waals surface area contributed by atoms with E-state index in [1.165, 1.54) is 18.4 Å². The highest BCUT2D eigenvalue weighted by molar-refractivity contribution is 5.93. The summed E-state index contributed by atoms with van der Waals surface area (Å²) < 4.78 is 5.34. The number of hydrogen-bond donors (Lipinski definition) is 0. The second-order valence-corrected chi connectivity index (χ2v) is 5.35. The Kier molecular flexibility index (Phi) is 1.38. The minimum absolute atomic E-state index is 0.0309. The Balaban J connectivity index is 1.90. The average molecular weight is 214 g/mol. The molecule has 2 aliphatic carbocycles. The van der Waals surface area contributed by atoms with E-state index in [-0.39, 0.29) is 16.8 Å². The van der Waals surface area contributed by atoms with Crippen LogP contribution in [0.2, 0.25) is 0 Å². The molecule has 1 aliphatic heterocycles. The molecule has 0 bridgehead atoms. The summed E-state index contributed by atoms with van der Waals surface area (Å²) in [4.78, 5) is 12.1. The standard InChI is InChI=1S/C14H14O2/c15-12-14(10-5-2-1-3-6-10)11-7-4-8-13(11,14)9-16-12/h1-3,5-6,11H,4,7-9H2. The van der Waals surface area contributed by atoms with Crippen molar-refractivity contribution in [3.05, 3.63) is 35.9 Å². The van der Waals surface area contributed by atoms with Crippen LogP contribution in [0.3, 0.4) is 0 Å². The second-order valence-electron chi connectivity index (χ2n) is 5.35. The van der Waals surface area contributed by atoms with Crippen molar-refractivity contribution in [2.24, 2.45) is 11.3 Å². The summed E-state index contributed by atoms with van der Waals surface area (Å²) >= 11 is 0. The average Bonchev–Trinajstić information content (AvgIpc) is 2.66. The van der Waals surface area contributed by atoms with Crippen LogP contribution in [0.1, 0.15) is 24.8 Å². The molecule has 1 heterocycles. The number of benzene rings is 1. The van der Waals surface area contributed by atoms with Gasteiger partial charge < -0.3 is 4.74 Å². The molecule has 0 N–H and O–H groups in total. The van der Waals surface area contributed by atoms with Crippen molar-refractivity contribution in [2.45, 2.75) is 24.7 Å². The van der Waals surface area contributed by atoms with E-state index < -0.39 is 0 Å². The topological polar surface area (TPSA) is 26.3 Å². The summed E-state index contributed by atoms with van der Waals surface area (Å²) in [5, 5.41) is 0. The fraction of sp³-hybridized carbons (Fsp3) is 0.500. The molecule has 3 fully saturated rings. The Hall–Kier alpha value is -1.31. The number of esters is 1. The zero-order chi connectivity index (χ0) is 10.8. The molecular formula is C14H14O2. The maximum absolute atomic E-state index is 12.1. The molecule has 2 heteroatoms. The van der Waals surface area contributed by atoms with Gasteiger partial charge in [0.15, 0.2) is 0 Å². The molecule has 3 aliphatic rings. The smallest absolute Gasteiger partial charge is 0.317 e. The molecular weight excluding hydrogens is 200 g/mol. The molecule has 1 aromatic carbocycles. The minimum atomic E-state index is -0.257. The lowest BCUT2D eigenvalue weighted by molar-refractivity contribution is -0.143. The van der Waals surface area contributed by atoms with Crippen LogP contribution in [-0.2, 0) is 14.9 Å². The van der Waals surface area contributed by atoms with Gasteiger partial charge in [0.25, 0.3) is 0 Å². The summed E-state index contributed by atoms with van der Waals surface area (Å²) in [5.41, 5.74) is 1.10. The van der Waals surface area contributed by atoms with Gasteiger partial charge in [-0.15, -0.1) is 0 Å². The van der Waals surface area contributed by atoms with Crippen molar-refractivity contribution in [3.8, 4) is 0 Å². The van der Waals surface area contributed by atoms with E-state index >= 15 is 0 Å². The van der Waals surface area contributed by atoms with E-state index in [4.69, 9.17) is 4.74 Å². The zero-order valence-electron chi connectivity index (χ0n) is 9.11. The highest BCUT2D eigenvalue weighted by atomic mass is 16.5. The molecule has 2 nitrogen and oxygen atoms in total. The van der Waals surface area contributed by atoms with Crippen LogP contribution >= 0.6 is 0 Å². The maximum Gasteiger partial charge on any atom is 0.317 e. The SMILES string of the molecule is O=C1OCC23CCCC2C13c1ccccc1. The summed E-state index contributed by atoms with van der Waals surface area (Å²) in [5.74, 6) is 0.590. The van der Waals surface area contributed by atoms with Crippen LogP contribution in [0.25, 0.3) is 0 Å². The van der Waals surface area contributed by atoms with Crippen LogP contribution < -0.4 is 0 Å². The van der Waals surface area contributed by atoms with Gasteiger partial charge in [-0.1, -0.05) is 36.8 Å². The second kappa shape index (κ2) is 2.50. The Morgan fingerprint density at radius 1 is 1.25 bits per heavy atom. The van der Waals surface area contributed by atoms with Gasteiger partial charge in [0.05, 0.1) is 6.61 Å². The Bertz CT molecular complexity index is 467. The van der Waals surface area contributed by atoms with Crippen molar-refractivity contribution in [1.82, 2.24) is 0 Å². The number of rotatable bonds is 1. The molecule has 2 saturated carbocycles. The van der Waals surface area contributed by atoms with Crippen molar-refractivity contribution >= 4 is 5.97 Å². The predicted molar refractivity (Wildman–Crippen MR) is 58.9 cm³/mol. The molecule has 0 amide bonds. The molecule has 1 spiro atoms. The number of carbonyl (C=O) groups is 1. The summed E-state index contributed by atoms with van der Waals surface area (Å²) in [6.45, 7) is 0.658. The van der Waals surface area contributed by atoms with Gasteiger partial charge in [-0.25, -0.2) is 0 Å². The summed E-state index contributed by atoms with van der Waals surface area (Å²) in [6.07, 6.45) is 3.62. The highest BCUT2D eigenvalue weighted by Crippen LogP contribution is 2.80. The summed E-state index contributed by atoms with van der Waals surface area (Å²) in [7, 11) is 0. The predicted octanol–water partition coefficient (Wildman–Crippen LogP) is 2.28. The minimum Gasteiger partial charge on any atom is -0.464 e. The number of carbonyl (C=O) groups excluding carboxylic acids is 1. The van der Waals surface area contributed by atoms with Crippen molar-refractivity contribution in [2.75, 3.05) is 6.61 Å². The van der Waals surface area contributed by atoms with E-state index in [0.717, 1.165) is 6.42 Å². The third-order valence-electron chi connectivity index (χ3n) is 5.02. The Labute approximate surface area is 94.6 Å². The lowest BCUT2D eigenvalue weighted by Gasteiger charge is -2.15. The van der Waals surface area contributed by atoms with Crippen LogP contribution in [0.4, 0.5) is 0 Å². The van der Waals surface area contributed by atoms with Crippen molar-refractivity contribution in [3.63, 3.8) is 0 Å². The largest absolute Gasteiger partial charge is 0.464 e. The van der Waals surface area contributed by atoms with Gasteiger partial charge >= 0.3 is 5.97 Å². The fourth-order valence-corrected chi connectivity index (χ4v) is 4.42. The van der Waals surface area contributed by atoms with Gasteiger partial charge in [-0.2, -0.15) is 0 Å². The summed E-state index contributed by atoms with van der Waals surface area (Å²) in [6, 6.07) is 10.2. The monoisotopic (exact) mass is 214 g/mol. The quantitative estimate of drug-likeness (QED) is 0.670. The first kappa shape index (κ1) is 8.80. The highest BCUT2D eigenvalue weighted by Gasteiger charge is 2.86. The van der Waals surface area contributed by atoms with Crippen molar-refractivity contribution in [1.29, 1.82) is 0 Å². The lowest BCUT2D eigenvalue weighted by Crippen LogP contribution is -2.24. The maximum atomic E-state index is 12.1. The van der Waals surface area contributed by atoms with E-state index in [2.05, 4.69) is 12.1 Å². The van der Waals surface area contributed by atoms with Gasteiger partial charge in [0, 0.05) is 5.41 Å². The Morgan fingerprint density at radius 3 is 2.81 bits per heavy atom. The Morgan fingerprint density at radius 2 is 2.06 bits per heavy atom. The normalized spacial score (nSPS) is 43.8. The molecule has 1 aromatic rings. The fourth-order valence-electron chi connectivity index (χ4n) is 4.42. The number of ether oxygens (including phenoxy) is 1. The molecule has 0 radical (unpaired) electrons. The zero-order valence-corrected chi connectivity index (χ0v) is 9.11. The van der Waals surface area contributed by atoms with Crippen LogP contribution in [0.15, 0.2) is 30.3 Å². The molecule has 82 valence electrons. The number of fused-ring (bicyclic) bond motifs is 1. The first-order chi connectivity index (χ1) is 7.82. The van der Waals surface area contributed by atoms with Crippen LogP contribution in [0, 0.1) is 11.3 Å². The first-order valence-corrected chi connectivity index (χ1v) is 6.05. The third-order valence-corrected chi connectivity index (χ3v) is 5.02. The van der Waals surface area contributed by atoms with E-state index in [0.29, 0.717) is 12.5 Å². The lowest BCUT2D eigenvalue weighted by atomic mass is 9.84. The van der Waals surface area contributed by atoms with Gasteiger partial charge in [-0.3, -0.25) is 4.79 Å². The molecule has 3 unspecified atom stereocenters. The number of hydrogen-bond acceptors (Lipinski definition) is 2. The van der Waals surface area contributed by atoms with Gasteiger partial charge in [-0.05, 0) is 24.3 Å². The third kappa shape index (κ3) is 0.675. The van der Waals surface area contributed by atoms with E-state index in [9.17, 15) is 4.79 Å². The van der Waals surface area contributed by atoms with Crippen molar-refractivity contribution < 1.29 is 9.53 Å². The molecule has 3 atom stereocenters. The van der Waals surface area contributed by atoms with Crippen LogP contribution in [0.5, 0.6) is 0 Å². The molecule has 1 saturated heterocycles.